The molecule has 6 heteroatoms. The average Bonchev–Trinajstić information content (AvgIpc) is 2.26. The van der Waals surface area contributed by atoms with Gasteiger partial charge in [-0.3, -0.25) is 4.79 Å². The normalized spacial score (nSPS) is 9.53. The molecule has 0 aliphatic carbocycles. The van der Waals surface area contributed by atoms with E-state index in [2.05, 4.69) is 15.3 Å². The van der Waals surface area contributed by atoms with Crippen LogP contribution in [0, 0.1) is 0 Å². The van der Waals surface area contributed by atoms with E-state index in [0.717, 1.165) is 0 Å². The second-order valence-corrected chi connectivity index (χ2v) is 3.06. The predicted octanol–water partition coefficient (Wildman–Crippen LogP) is -0.0147. The zero-order valence-corrected chi connectivity index (χ0v) is 9.02. The molecule has 0 saturated carbocycles. The largest absolute Gasteiger partial charge is 0.481 e. The number of methoxy groups -OCH3 is 1. The summed E-state index contributed by atoms with van der Waals surface area (Å²) in [5.41, 5.74) is 0. The van der Waals surface area contributed by atoms with E-state index in [1.165, 1.54) is 12.0 Å². The molecule has 82 valence electrons. The first-order valence-electron chi connectivity index (χ1n) is 4.44. The van der Waals surface area contributed by atoms with Crippen molar-refractivity contribution < 1.29 is 9.53 Å². The van der Waals surface area contributed by atoms with Crippen LogP contribution in [0.25, 0.3) is 0 Å². The minimum atomic E-state index is -0.0404. The number of anilines is 1. The Morgan fingerprint density at radius 1 is 1.60 bits per heavy atom. The Balaban J connectivity index is 2.54. The summed E-state index contributed by atoms with van der Waals surface area (Å²) in [7, 11) is 4.91. The molecule has 1 aromatic rings. The van der Waals surface area contributed by atoms with E-state index in [1.807, 2.05) is 0 Å². The second-order valence-electron chi connectivity index (χ2n) is 3.06. The maximum Gasteiger partial charge on any atom is 0.241 e. The zero-order chi connectivity index (χ0) is 11.3. The molecule has 1 aromatic heterocycles. The fourth-order valence-electron chi connectivity index (χ4n) is 0.854. The van der Waals surface area contributed by atoms with Crippen LogP contribution in [0.1, 0.15) is 0 Å². The van der Waals surface area contributed by atoms with Crippen molar-refractivity contribution in [3.05, 3.63) is 12.3 Å². The van der Waals surface area contributed by atoms with E-state index in [9.17, 15) is 4.79 Å². The first-order chi connectivity index (χ1) is 7.13. The van der Waals surface area contributed by atoms with Crippen molar-refractivity contribution in [3.63, 3.8) is 0 Å². The Labute approximate surface area is 88.3 Å². The summed E-state index contributed by atoms with van der Waals surface area (Å²) in [5.74, 6) is 0.802. The molecule has 0 aliphatic rings. The van der Waals surface area contributed by atoms with E-state index >= 15 is 0 Å². The van der Waals surface area contributed by atoms with Crippen molar-refractivity contribution in [2.45, 2.75) is 0 Å². The lowest BCUT2D eigenvalue weighted by Crippen LogP contribution is -2.29. The van der Waals surface area contributed by atoms with Gasteiger partial charge in [-0.1, -0.05) is 0 Å². The molecule has 0 bridgehead atoms. The van der Waals surface area contributed by atoms with Gasteiger partial charge in [-0.05, 0) is 0 Å². The quantitative estimate of drug-likeness (QED) is 0.756. The van der Waals surface area contributed by atoms with E-state index in [4.69, 9.17) is 4.74 Å². The summed E-state index contributed by atoms with van der Waals surface area (Å²) in [5, 5.41) is 2.81. The van der Waals surface area contributed by atoms with Gasteiger partial charge < -0.3 is 15.0 Å². The Morgan fingerprint density at radius 2 is 2.33 bits per heavy atom. The first kappa shape index (κ1) is 11.2. The number of ether oxygens (including phenoxy) is 1. The molecule has 0 unspecified atom stereocenters. The number of carbonyl (C=O) groups is 1. The number of aromatic nitrogens is 2. The first-order valence-corrected chi connectivity index (χ1v) is 4.44. The van der Waals surface area contributed by atoms with Gasteiger partial charge >= 0.3 is 0 Å². The van der Waals surface area contributed by atoms with Crippen LogP contribution in [0.4, 0.5) is 5.95 Å². The Kier molecular flexibility index (Phi) is 3.84. The third kappa shape index (κ3) is 3.41. The number of amides is 1. The minimum Gasteiger partial charge on any atom is -0.481 e. The monoisotopic (exact) mass is 210 g/mol. The molecule has 0 fully saturated rings. The summed E-state index contributed by atoms with van der Waals surface area (Å²) in [6.07, 6.45) is 1.56. The minimum absolute atomic E-state index is 0.0404. The summed E-state index contributed by atoms with van der Waals surface area (Å²) in [6, 6.07) is 1.64. The van der Waals surface area contributed by atoms with Gasteiger partial charge in [0.15, 0.2) is 0 Å². The molecule has 1 N–H and O–H groups in total. The molecule has 0 aliphatic heterocycles. The van der Waals surface area contributed by atoms with Crippen LogP contribution >= 0.6 is 0 Å². The standard InChI is InChI=1S/C9H14N4O2/c1-13(2)8(14)6-11-9-10-5-4-7(12-9)15-3/h4-5H,6H2,1-3H3,(H,10,11,12). The third-order valence-corrected chi connectivity index (χ3v) is 1.74. The highest BCUT2D eigenvalue weighted by molar-refractivity contribution is 5.79. The van der Waals surface area contributed by atoms with Crippen molar-refractivity contribution in [1.29, 1.82) is 0 Å². The van der Waals surface area contributed by atoms with Crippen LogP contribution in [-0.4, -0.2) is 48.5 Å². The molecule has 0 saturated heterocycles. The fourth-order valence-corrected chi connectivity index (χ4v) is 0.854. The van der Waals surface area contributed by atoms with Gasteiger partial charge in [-0.15, -0.1) is 0 Å². The maximum absolute atomic E-state index is 11.2. The number of hydrogen-bond acceptors (Lipinski definition) is 5. The Hall–Kier alpha value is -1.85. The molecule has 1 heterocycles. The average molecular weight is 210 g/mol. The number of carbonyl (C=O) groups excluding carboxylic acids is 1. The SMILES string of the molecule is COc1ccnc(NCC(=O)N(C)C)n1. The third-order valence-electron chi connectivity index (χ3n) is 1.74. The number of hydrogen-bond donors (Lipinski definition) is 1. The van der Waals surface area contributed by atoms with Crippen LogP contribution in [0.3, 0.4) is 0 Å². The number of nitrogens with one attached hydrogen (secondary N) is 1. The highest BCUT2D eigenvalue weighted by Gasteiger charge is 2.04. The van der Waals surface area contributed by atoms with E-state index in [1.54, 1.807) is 26.4 Å². The number of likely N-dealkylation sites (N-methyl/N-ethyl adjacent to an activating group) is 1. The molecule has 6 nitrogen and oxygen atoms in total. The van der Waals surface area contributed by atoms with Gasteiger partial charge in [0, 0.05) is 26.4 Å². The van der Waals surface area contributed by atoms with Crippen molar-refractivity contribution >= 4 is 11.9 Å². The lowest BCUT2D eigenvalue weighted by molar-refractivity contribution is -0.126. The van der Waals surface area contributed by atoms with Gasteiger partial charge in [0.25, 0.3) is 0 Å². The molecule has 0 atom stereocenters. The Bertz CT molecular complexity index is 341. The van der Waals surface area contributed by atoms with Gasteiger partial charge in [-0.2, -0.15) is 4.98 Å². The van der Waals surface area contributed by atoms with Gasteiger partial charge in [0.05, 0.1) is 13.7 Å². The molecular weight excluding hydrogens is 196 g/mol. The maximum atomic E-state index is 11.2. The summed E-state index contributed by atoms with van der Waals surface area (Å²) in [4.78, 5) is 20.7. The van der Waals surface area contributed by atoms with Crippen LogP contribution in [0.2, 0.25) is 0 Å². The number of rotatable bonds is 4. The van der Waals surface area contributed by atoms with Crippen LogP contribution in [0.15, 0.2) is 12.3 Å². The van der Waals surface area contributed by atoms with Gasteiger partial charge in [0.2, 0.25) is 17.7 Å². The van der Waals surface area contributed by atoms with E-state index in [0.29, 0.717) is 11.8 Å². The highest BCUT2D eigenvalue weighted by atomic mass is 16.5. The molecule has 0 aromatic carbocycles. The molecular formula is C9H14N4O2. The summed E-state index contributed by atoms with van der Waals surface area (Å²) >= 11 is 0. The topological polar surface area (TPSA) is 67.3 Å². The van der Waals surface area contributed by atoms with E-state index in [-0.39, 0.29) is 12.5 Å². The van der Waals surface area contributed by atoms with Crippen molar-refractivity contribution in [1.82, 2.24) is 14.9 Å². The lowest BCUT2D eigenvalue weighted by atomic mass is 10.5. The molecule has 15 heavy (non-hydrogen) atoms. The molecule has 1 amide bonds. The summed E-state index contributed by atoms with van der Waals surface area (Å²) in [6.45, 7) is 0.167. The highest BCUT2D eigenvalue weighted by Crippen LogP contribution is 2.06. The van der Waals surface area contributed by atoms with Crippen LogP contribution < -0.4 is 10.1 Å². The number of nitrogens with zero attached hydrogens (tertiary/aromatic N) is 3. The predicted molar refractivity (Wildman–Crippen MR) is 55.8 cm³/mol. The molecule has 0 spiro atoms. The zero-order valence-electron chi connectivity index (χ0n) is 9.02. The smallest absolute Gasteiger partial charge is 0.241 e. The van der Waals surface area contributed by atoms with Crippen LogP contribution in [0.5, 0.6) is 5.88 Å². The van der Waals surface area contributed by atoms with Gasteiger partial charge in [0.1, 0.15) is 0 Å². The van der Waals surface area contributed by atoms with Gasteiger partial charge in [-0.25, -0.2) is 4.98 Å². The summed E-state index contributed by atoms with van der Waals surface area (Å²) < 4.78 is 4.92. The Morgan fingerprint density at radius 3 is 2.93 bits per heavy atom. The van der Waals surface area contributed by atoms with Crippen molar-refractivity contribution in [2.75, 3.05) is 33.1 Å². The van der Waals surface area contributed by atoms with Crippen molar-refractivity contribution in [3.8, 4) is 5.88 Å². The van der Waals surface area contributed by atoms with Crippen LogP contribution in [-0.2, 0) is 4.79 Å². The lowest BCUT2D eigenvalue weighted by Gasteiger charge is -2.10. The molecule has 0 radical (unpaired) electrons. The van der Waals surface area contributed by atoms with E-state index < -0.39 is 0 Å². The molecule has 1 rings (SSSR count). The van der Waals surface area contributed by atoms with Crippen molar-refractivity contribution in [2.24, 2.45) is 0 Å². The second kappa shape index (κ2) is 5.14. The fraction of sp³-hybridized carbons (Fsp3) is 0.444.